The average Bonchev–Trinajstić information content (AvgIpc) is 2.75. The lowest BCUT2D eigenvalue weighted by Crippen LogP contribution is -2.12. The first kappa shape index (κ1) is 19.0. The third-order valence-electron chi connectivity index (χ3n) is 3.74. The second-order valence-electron chi connectivity index (χ2n) is 5.71. The van der Waals surface area contributed by atoms with Gasteiger partial charge in [-0.1, -0.05) is 54.6 Å². The third kappa shape index (κ3) is 5.11. The summed E-state index contributed by atoms with van der Waals surface area (Å²) in [5.41, 5.74) is 5.35. The van der Waals surface area contributed by atoms with Crippen molar-refractivity contribution in [1.82, 2.24) is 0 Å². The second-order valence-corrected chi connectivity index (χ2v) is 5.71. The Kier molecular flexibility index (Phi) is 6.62. The molecule has 28 heavy (non-hydrogen) atoms. The number of anilines is 1. The van der Waals surface area contributed by atoms with E-state index >= 15 is 0 Å². The molecule has 3 aromatic rings. The Bertz CT molecular complexity index is 970. The summed E-state index contributed by atoms with van der Waals surface area (Å²) in [6.07, 6.45) is 0. The van der Waals surface area contributed by atoms with Gasteiger partial charge in [-0.2, -0.15) is 5.10 Å². The molecule has 0 aliphatic heterocycles. The van der Waals surface area contributed by atoms with Crippen molar-refractivity contribution in [2.24, 2.45) is 15.3 Å². The van der Waals surface area contributed by atoms with Crippen LogP contribution in [-0.4, -0.2) is 18.4 Å². The standard InChI is InChI=1S/C22H20N4O2/c1-2-28-22(27)20-16-10-9-15-19(20)21(25-23-17-11-5-3-6-12-17)26-24-18-13-7-4-8-14-18/h3-16,23H,2H2,1H3. The molecular weight excluding hydrogens is 352 g/mol. The van der Waals surface area contributed by atoms with E-state index in [1.54, 1.807) is 25.1 Å². The van der Waals surface area contributed by atoms with E-state index in [9.17, 15) is 4.79 Å². The largest absolute Gasteiger partial charge is 0.462 e. The first-order valence-electron chi connectivity index (χ1n) is 8.90. The zero-order chi connectivity index (χ0) is 19.6. The first-order valence-corrected chi connectivity index (χ1v) is 8.90. The predicted molar refractivity (Wildman–Crippen MR) is 110 cm³/mol. The van der Waals surface area contributed by atoms with E-state index in [-0.39, 0.29) is 12.4 Å². The van der Waals surface area contributed by atoms with E-state index in [1.165, 1.54) is 0 Å². The van der Waals surface area contributed by atoms with Gasteiger partial charge in [0, 0.05) is 5.56 Å². The molecule has 3 rings (SSSR count). The quantitative estimate of drug-likeness (QED) is 0.206. The summed E-state index contributed by atoms with van der Waals surface area (Å²) in [6, 6.07) is 25.8. The van der Waals surface area contributed by atoms with Crippen LogP contribution < -0.4 is 5.43 Å². The summed E-state index contributed by atoms with van der Waals surface area (Å²) in [4.78, 5) is 12.3. The fraction of sp³-hybridized carbons (Fsp3) is 0.0909. The summed E-state index contributed by atoms with van der Waals surface area (Å²) in [7, 11) is 0. The van der Waals surface area contributed by atoms with Gasteiger partial charge in [0.15, 0.2) is 0 Å². The van der Waals surface area contributed by atoms with E-state index in [0.717, 1.165) is 5.69 Å². The highest BCUT2D eigenvalue weighted by Crippen LogP contribution is 2.17. The van der Waals surface area contributed by atoms with Crippen molar-refractivity contribution < 1.29 is 9.53 Å². The van der Waals surface area contributed by atoms with Crippen LogP contribution in [0.1, 0.15) is 22.8 Å². The molecule has 0 spiro atoms. The number of carbonyl (C=O) groups is 1. The Morgan fingerprint density at radius 1 is 0.857 bits per heavy atom. The maximum Gasteiger partial charge on any atom is 0.338 e. The topological polar surface area (TPSA) is 75.4 Å². The van der Waals surface area contributed by atoms with Gasteiger partial charge >= 0.3 is 5.97 Å². The monoisotopic (exact) mass is 372 g/mol. The minimum atomic E-state index is -0.430. The van der Waals surface area contributed by atoms with Crippen LogP contribution in [0.3, 0.4) is 0 Å². The molecule has 1 N–H and O–H groups in total. The molecule has 3 aromatic carbocycles. The number of para-hydroxylation sites is 1. The Hall–Kier alpha value is -3.80. The zero-order valence-electron chi connectivity index (χ0n) is 15.4. The Labute approximate surface area is 163 Å². The molecule has 6 heteroatoms. The summed E-state index contributed by atoms with van der Waals surface area (Å²) in [6.45, 7) is 2.05. The molecule has 0 saturated heterocycles. The number of nitrogens with one attached hydrogen (secondary N) is 1. The highest BCUT2D eigenvalue weighted by Gasteiger charge is 2.16. The fourth-order valence-corrected chi connectivity index (χ4v) is 2.43. The van der Waals surface area contributed by atoms with Crippen LogP contribution in [0.15, 0.2) is 100 Å². The number of ether oxygens (including phenoxy) is 1. The minimum Gasteiger partial charge on any atom is -0.462 e. The summed E-state index contributed by atoms with van der Waals surface area (Å²) >= 11 is 0. The maximum atomic E-state index is 12.3. The number of hydrogen-bond donors (Lipinski definition) is 1. The number of esters is 1. The van der Waals surface area contributed by atoms with Crippen molar-refractivity contribution in [3.8, 4) is 0 Å². The predicted octanol–water partition coefficient (Wildman–Crippen LogP) is 5.42. The Morgan fingerprint density at radius 2 is 1.46 bits per heavy atom. The van der Waals surface area contributed by atoms with Gasteiger partial charge in [-0.05, 0) is 37.3 Å². The SMILES string of the molecule is CCOC(=O)c1ccccc1C(N=Nc1ccccc1)=NNc1ccccc1. The highest BCUT2D eigenvalue weighted by atomic mass is 16.5. The molecule has 0 amide bonds. The average molecular weight is 372 g/mol. The van der Waals surface area contributed by atoms with Gasteiger partial charge in [-0.3, -0.25) is 5.43 Å². The molecule has 0 aliphatic rings. The van der Waals surface area contributed by atoms with Crippen molar-refractivity contribution in [1.29, 1.82) is 0 Å². The smallest absolute Gasteiger partial charge is 0.338 e. The van der Waals surface area contributed by atoms with Crippen LogP contribution >= 0.6 is 0 Å². The lowest BCUT2D eigenvalue weighted by atomic mass is 10.1. The third-order valence-corrected chi connectivity index (χ3v) is 3.74. The Balaban J connectivity index is 1.99. The van der Waals surface area contributed by atoms with Gasteiger partial charge in [0.2, 0.25) is 5.84 Å². The van der Waals surface area contributed by atoms with E-state index in [1.807, 2.05) is 66.7 Å². The van der Waals surface area contributed by atoms with Crippen molar-refractivity contribution in [3.05, 3.63) is 96.1 Å². The summed E-state index contributed by atoms with van der Waals surface area (Å²) in [5, 5.41) is 12.9. The maximum absolute atomic E-state index is 12.3. The molecule has 0 unspecified atom stereocenters. The fourth-order valence-electron chi connectivity index (χ4n) is 2.43. The van der Waals surface area contributed by atoms with E-state index in [2.05, 4.69) is 20.8 Å². The van der Waals surface area contributed by atoms with Crippen LogP contribution in [-0.2, 0) is 4.74 Å². The number of carbonyl (C=O) groups excluding carboxylic acids is 1. The Morgan fingerprint density at radius 3 is 2.14 bits per heavy atom. The molecule has 0 aliphatic carbocycles. The van der Waals surface area contributed by atoms with Crippen molar-refractivity contribution in [2.75, 3.05) is 12.0 Å². The van der Waals surface area contributed by atoms with Gasteiger partial charge in [0.25, 0.3) is 0 Å². The van der Waals surface area contributed by atoms with Crippen LogP contribution in [0.25, 0.3) is 0 Å². The van der Waals surface area contributed by atoms with Gasteiger partial charge in [-0.15, -0.1) is 10.2 Å². The number of rotatable bonds is 6. The summed E-state index contributed by atoms with van der Waals surface area (Å²) in [5.74, 6) is -0.156. The van der Waals surface area contributed by atoms with E-state index in [4.69, 9.17) is 4.74 Å². The van der Waals surface area contributed by atoms with Crippen molar-refractivity contribution >= 4 is 23.2 Å². The molecular formula is C22H20N4O2. The molecule has 0 radical (unpaired) electrons. The molecule has 0 heterocycles. The molecule has 6 nitrogen and oxygen atoms in total. The van der Waals surface area contributed by atoms with Gasteiger partial charge in [0.05, 0.1) is 23.5 Å². The number of nitrogens with zero attached hydrogens (tertiary/aromatic N) is 3. The summed E-state index contributed by atoms with van der Waals surface area (Å²) < 4.78 is 5.16. The zero-order valence-corrected chi connectivity index (χ0v) is 15.4. The highest BCUT2D eigenvalue weighted by molar-refractivity contribution is 6.08. The van der Waals surface area contributed by atoms with Gasteiger partial charge in [0.1, 0.15) is 0 Å². The number of azo groups is 1. The number of hydrazone groups is 1. The number of hydrogen-bond acceptors (Lipinski definition) is 5. The van der Waals surface area contributed by atoms with Crippen LogP contribution in [0.5, 0.6) is 0 Å². The van der Waals surface area contributed by atoms with Crippen molar-refractivity contribution in [2.45, 2.75) is 6.92 Å². The molecule has 0 bridgehead atoms. The number of benzene rings is 3. The molecule has 0 saturated carbocycles. The molecule has 0 aromatic heterocycles. The van der Waals surface area contributed by atoms with Crippen LogP contribution in [0.2, 0.25) is 0 Å². The normalized spacial score (nSPS) is 11.4. The van der Waals surface area contributed by atoms with Gasteiger partial charge in [-0.25, -0.2) is 4.79 Å². The first-order chi connectivity index (χ1) is 13.8. The van der Waals surface area contributed by atoms with Gasteiger partial charge < -0.3 is 4.74 Å². The molecule has 0 fully saturated rings. The van der Waals surface area contributed by atoms with E-state index < -0.39 is 5.97 Å². The second kappa shape index (κ2) is 9.78. The molecule has 140 valence electrons. The van der Waals surface area contributed by atoms with Crippen LogP contribution in [0, 0.1) is 0 Å². The van der Waals surface area contributed by atoms with E-state index in [0.29, 0.717) is 16.8 Å². The van der Waals surface area contributed by atoms with Crippen LogP contribution in [0.4, 0.5) is 11.4 Å². The number of amidine groups is 1. The molecule has 0 atom stereocenters. The van der Waals surface area contributed by atoms with Crippen molar-refractivity contribution in [3.63, 3.8) is 0 Å². The lowest BCUT2D eigenvalue weighted by Gasteiger charge is -2.08. The lowest BCUT2D eigenvalue weighted by molar-refractivity contribution is 0.0526. The minimum absolute atomic E-state index is 0.274.